The average Bonchev–Trinajstić information content (AvgIpc) is 2.53. The number of benzene rings is 2. The van der Waals surface area contributed by atoms with Crippen LogP contribution in [0.2, 0.25) is 0 Å². The van der Waals surface area contributed by atoms with Crippen molar-refractivity contribution in [1.29, 1.82) is 0 Å². The molecule has 0 aromatic heterocycles. The number of hydrogen-bond acceptors (Lipinski definition) is 0. The maximum absolute atomic E-state index is 2.40. The van der Waals surface area contributed by atoms with Gasteiger partial charge < -0.3 is 0 Å². The van der Waals surface area contributed by atoms with Gasteiger partial charge in [0.2, 0.25) is 0 Å². The van der Waals surface area contributed by atoms with Gasteiger partial charge in [-0.15, -0.1) is 0 Å². The fourth-order valence-electron chi connectivity index (χ4n) is 3.12. The summed E-state index contributed by atoms with van der Waals surface area (Å²) in [5, 5.41) is 0. The molecule has 0 saturated heterocycles. The summed E-state index contributed by atoms with van der Waals surface area (Å²) >= 11 is 0. The summed E-state index contributed by atoms with van der Waals surface area (Å²) in [7, 11) is 0. The Morgan fingerprint density at radius 1 is 0.650 bits per heavy atom. The van der Waals surface area contributed by atoms with E-state index in [0.717, 1.165) is 25.7 Å². The third kappa shape index (κ3) is 2.80. The predicted octanol–water partition coefficient (Wildman–Crippen LogP) is 5.60. The lowest BCUT2D eigenvalue weighted by Crippen LogP contribution is -1.97. The van der Waals surface area contributed by atoms with E-state index in [9.17, 15) is 0 Å². The van der Waals surface area contributed by atoms with Crippen molar-refractivity contribution in [2.24, 2.45) is 0 Å². The van der Waals surface area contributed by atoms with Gasteiger partial charge in [-0.1, -0.05) is 64.1 Å². The third-order valence-corrected chi connectivity index (χ3v) is 4.29. The van der Waals surface area contributed by atoms with E-state index in [-0.39, 0.29) is 0 Å². The number of hydrogen-bond donors (Lipinski definition) is 0. The van der Waals surface area contributed by atoms with Crippen LogP contribution >= 0.6 is 0 Å². The minimum atomic E-state index is 1.11. The molecule has 0 spiro atoms. The van der Waals surface area contributed by atoms with Crippen LogP contribution in [0.25, 0.3) is 11.1 Å². The standard InChI is InChI=1S/C20H26/c1-5-15-12-13-18(14-17(15)7-3)20-11-9-10-16(6-2)19(20)8-4/h9-14H,5-8H2,1-4H3. The summed E-state index contributed by atoms with van der Waals surface area (Å²) in [5.74, 6) is 0. The second kappa shape index (κ2) is 6.74. The van der Waals surface area contributed by atoms with E-state index in [1.165, 1.54) is 33.4 Å². The van der Waals surface area contributed by atoms with Gasteiger partial charge in [0.25, 0.3) is 0 Å². The highest BCUT2D eigenvalue weighted by Crippen LogP contribution is 2.29. The van der Waals surface area contributed by atoms with Gasteiger partial charge in [-0.05, 0) is 59.1 Å². The van der Waals surface area contributed by atoms with Crippen molar-refractivity contribution >= 4 is 0 Å². The lowest BCUT2D eigenvalue weighted by molar-refractivity contribution is 1.03. The minimum Gasteiger partial charge on any atom is -0.0614 e. The van der Waals surface area contributed by atoms with Gasteiger partial charge in [0.15, 0.2) is 0 Å². The van der Waals surface area contributed by atoms with Crippen molar-refractivity contribution < 1.29 is 0 Å². The van der Waals surface area contributed by atoms with Crippen molar-refractivity contribution in [2.45, 2.75) is 53.4 Å². The first kappa shape index (κ1) is 14.8. The molecule has 2 aromatic carbocycles. The molecule has 0 N–H and O–H groups in total. The topological polar surface area (TPSA) is 0 Å². The fourth-order valence-corrected chi connectivity index (χ4v) is 3.12. The Labute approximate surface area is 123 Å². The Morgan fingerprint density at radius 2 is 1.35 bits per heavy atom. The lowest BCUT2D eigenvalue weighted by atomic mass is 9.90. The maximum Gasteiger partial charge on any atom is -0.0149 e. The maximum atomic E-state index is 2.40. The van der Waals surface area contributed by atoms with Crippen LogP contribution in [0.4, 0.5) is 0 Å². The molecule has 2 aromatic rings. The zero-order chi connectivity index (χ0) is 14.5. The van der Waals surface area contributed by atoms with E-state index in [4.69, 9.17) is 0 Å². The zero-order valence-corrected chi connectivity index (χ0v) is 13.3. The molecule has 0 amide bonds. The number of rotatable bonds is 5. The Hall–Kier alpha value is -1.56. The lowest BCUT2D eigenvalue weighted by Gasteiger charge is -2.15. The predicted molar refractivity (Wildman–Crippen MR) is 89.4 cm³/mol. The molecular weight excluding hydrogens is 240 g/mol. The van der Waals surface area contributed by atoms with Gasteiger partial charge in [0.1, 0.15) is 0 Å². The monoisotopic (exact) mass is 266 g/mol. The van der Waals surface area contributed by atoms with Gasteiger partial charge in [-0.2, -0.15) is 0 Å². The van der Waals surface area contributed by atoms with Crippen molar-refractivity contribution in [2.75, 3.05) is 0 Å². The Balaban J connectivity index is 2.56. The molecule has 0 heteroatoms. The molecule has 0 fully saturated rings. The van der Waals surface area contributed by atoms with Gasteiger partial charge in [0.05, 0.1) is 0 Å². The normalized spacial score (nSPS) is 10.8. The summed E-state index contributed by atoms with van der Waals surface area (Å²) in [6.07, 6.45) is 4.46. The van der Waals surface area contributed by atoms with E-state index in [0.29, 0.717) is 0 Å². The van der Waals surface area contributed by atoms with Crippen LogP contribution < -0.4 is 0 Å². The quantitative estimate of drug-likeness (QED) is 0.660. The summed E-state index contributed by atoms with van der Waals surface area (Å²) in [6.45, 7) is 9.00. The Morgan fingerprint density at radius 3 is 1.95 bits per heavy atom. The molecule has 0 aliphatic carbocycles. The van der Waals surface area contributed by atoms with Crippen molar-refractivity contribution in [3.8, 4) is 11.1 Å². The smallest absolute Gasteiger partial charge is 0.0149 e. The van der Waals surface area contributed by atoms with Gasteiger partial charge in [0, 0.05) is 0 Å². The first-order chi connectivity index (χ1) is 9.74. The zero-order valence-electron chi connectivity index (χ0n) is 13.3. The molecule has 2 rings (SSSR count). The van der Waals surface area contributed by atoms with Crippen LogP contribution in [0.1, 0.15) is 49.9 Å². The first-order valence-corrected chi connectivity index (χ1v) is 7.97. The highest BCUT2D eigenvalue weighted by molar-refractivity contribution is 5.70. The molecule has 106 valence electrons. The molecule has 0 heterocycles. The molecule has 20 heavy (non-hydrogen) atoms. The summed E-state index contributed by atoms with van der Waals surface area (Å²) in [4.78, 5) is 0. The molecule has 0 atom stereocenters. The minimum absolute atomic E-state index is 1.11. The molecule has 0 nitrogen and oxygen atoms in total. The third-order valence-electron chi connectivity index (χ3n) is 4.29. The number of aryl methyl sites for hydroxylation is 3. The summed E-state index contributed by atoms with van der Waals surface area (Å²) in [6, 6.07) is 13.7. The first-order valence-electron chi connectivity index (χ1n) is 7.97. The highest BCUT2D eigenvalue weighted by atomic mass is 14.1. The van der Waals surface area contributed by atoms with Crippen molar-refractivity contribution in [1.82, 2.24) is 0 Å². The van der Waals surface area contributed by atoms with Crippen LogP contribution in [0.15, 0.2) is 36.4 Å². The van der Waals surface area contributed by atoms with Gasteiger partial charge in [-0.3, -0.25) is 0 Å². The van der Waals surface area contributed by atoms with E-state index in [2.05, 4.69) is 64.1 Å². The average molecular weight is 266 g/mol. The van der Waals surface area contributed by atoms with Crippen LogP contribution in [0.3, 0.4) is 0 Å². The molecule has 0 aliphatic heterocycles. The van der Waals surface area contributed by atoms with E-state index in [1.807, 2.05) is 0 Å². The van der Waals surface area contributed by atoms with Crippen LogP contribution in [0.5, 0.6) is 0 Å². The molecule has 0 radical (unpaired) electrons. The Bertz CT molecular complexity index is 579. The van der Waals surface area contributed by atoms with Crippen molar-refractivity contribution in [3.63, 3.8) is 0 Å². The van der Waals surface area contributed by atoms with E-state index < -0.39 is 0 Å². The van der Waals surface area contributed by atoms with Crippen LogP contribution in [-0.4, -0.2) is 0 Å². The largest absolute Gasteiger partial charge is 0.0614 e. The Kier molecular flexibility index (Phi) is 5.00. The van der Waals surface area contributed by atoms with Crippen LogP contribution in [0, 0.1) is 0 Å². The molecule has 0 aliphatic rings. The van der Waals surface area contributed by atoms with E-state index in [1.54, 1.807) is 0 Å². The molecule has 0 saturated carbocycles. The van der Waals surface area contributed by atoms with E-state index >= 15 is 0 Å². The summed E-state index contributed by atoms with van der Waals surface area (Å²) in [5.41, 5.74) is 8.79. The van der Waals surface area contributed by atoms with Gasteiger partial charge >= 0.3 is 0 Å². The molecule has 0 bridgehead atoms. The van der Waals surface area contributed by atoms with Crippen LogP contribution in [-0.2, 0) is 25.7 Å². The van der Waals surface area contributed by atoms with Gasteiger partial charge in [-0.25, -0.2) is 0 Å². The van der Waals surface area contributed by atoms with Crippen molar-refractivity contribution in [3.05, 3.63) is 58.7 Å². The highest BCUT2D eigenvalue weighted by Gasteiger charge is 2.09. The SMILES string of the molecule is CCc1ccc(-c2cccc(CC)c2CC)cc1CC. The fraction of sp³-hybridized carbons (Fsp3) is 0.400. The second-order valence-electron chi connectivity index (χ2n) is 5.34. The second-order valence-corrected chi connectivity index (χ2v) is 5.34. The molecule has 0 unspecified atom stereocenters. The molecular formula is C20H26. The summed E-state index contributed by atoms with van der Waals surface area (Å²) < 4.78 is 0.